The summed E-state index contributed by atoms with van der Waals surface area (Å²) >= 11 is 5.81. The summed E-state index contributed by atoms with van der Waals surface area (Å²) in [5, 5.41) is 12.9. The van der Waals surface area contributed by atoms with E-state index in [9.17, 15) is 23.1 Å². The number of carbonyl (C=O) groups excluding carboxylic acids is 1. The smallest absolute Gasteiger partial charge is 0.310 e. The number of ether oxygens (including phenoxy) is 1. The van der Waals surface area contributed by atoms with E-state index >= 15 is 0 Å². The molecule has 0 bridgehead atoms. The molecule has 0 saturated carbocycles. The van der Waals surface area contributed by atoms with Gasteiger partial charge in [-0.15, -0.1) is 0 Å². The number of aromatic nitrogens is 1. The normalized spacial score (nSPS) is 12.0. The molecule has 3 rings (SSSR count). The van der Waals surface area contributed by atoms with Crippen molar-refractivity contribution in [1.29, 1.82) is 0 Å². The highest BCUT2D eigenvalue weighted by Gasteiger charge is 2.37. The Kier molecular flexibility index (Phi) is 11.6. The van der Waals surface area contributed by atoms with Gasteiger partial charge in [0.1, 0.15) is 0 Å². The van der Waals surface area contributed by atoms with Crippen LogP contribution in [0.5, 0.6) is 0 Å². The minimum atomic E-state index is -3.65. The van der Waals surface area contributed by atoms with Gasteiger partial charge in [-0.25, -0.2) is 13.1 Å². The molecule has 3 aromatic rings. The first-order chi connectivity index (χ1) is 19.6. The second-order valence-corrected chi connectivity index (χ2v) is 11.6. The molecule has 0 unspecified atom stereocenters. The molecule has 0 fully saturated rings. The Labute approximate surface area is 245 Å². The SMILES string of the molecule is CCC(CC)(CC(=O)Nc1cccc(C=Cc2cccc(COCCNS(=O)(=O)c3ccc(Cl)cc3)n2)c1)C(=O)O. The molecule has 218 valence electrons. The molecule has 1 heterocycles. The van der Waals surface area contributed by atoms with Crippen molar-refractivity contribution in [3.63, 3.8) is 0 Å². The van der Waals surface area contributed by atoms with Crippen LogP contribution in [0.25, 0.3) is 12.2 Å². The van der Waals surface area contributed by atoms with Crippen LogP contribution in [0.1, 0.15) is 50.1 Å². The fourth-order valence-corrected chi connectivity index (χ4v) is 5.22. The second-order valence-electron chi connectivity index (χ2n) is 9.43. The van der Waals surface area contributed by atoms with E-state index in [2.05, 4.69) is 15.0 Å². The average Bonchev–Trinajstić information content (AvgIpc) is 2.95. The van der Waals surface area contributed by atoms with Gasteiger partial charge in [0, 0.05) is 23.7 Å². The molecule has 0 aliphatic carbocycles. The highest BCUT2D eigenvalue weighted by atomic mass is 35.5. The topological polar surface area (TPSA) is 135 Å². The number of carboxylic acid groups (broad SMARTS) is 1. The van der Waals surface area contributed by atoms with E-state index in [0.29, 0.717) is 34.9 Å². The molecule has 2 aromatic carbocycles. The monoisotopic (exact) mass is 599 g/mol. The van der Waals surface area contributed by atoms with E-state index in [0.717, 1.165) is 5.56 Å². The lowest BCUT2D eigenvalue weighted by molar-refractivity contribution is -0.151. The Balaban J connectivity index is 1.51. The molecule has 0 aliphatic heterocycles. The molecule has 3 N–H and O–H groups in total. The van der Waals surface area contributed by atoms with Gasteiger partial charge in [0.25, 0.3) is 0 Å². The first-order valence-corrected chi connectivity index (χ1v) is 15.0. The number of hydrogen-bond acceptors (Lipinski definition) is 6. The van der Waals surface area contributed by atoms with Crippen LogP contribution in [0.4, 0.5) is 5.69 Å². The highest BCUT2D eigenvalue weighted by Crippen LogP contribution is 2.31. The van der Waals surface area contributed by atoms with E-state index in [4.69, 9.17) is 16.3 Å². The van der Waals surface area contributed by atoms with E-state index < -0.39 is 21.4 Å². The van der Waals surface area contributed by atoms with Gasteiger partial charge in [0.05, 0.1) is 34.9 Å². The summed E-state index contributed by atoms with van der Waals surface area (Å²) in [7, 11) is -3.65. The predicted octanol–water partition coefficient (Wildman–Crippen LogP) is 5.62. The third-order valence-electron chi connectivity index (χ3n) is 6.66. The van der Waals surface area contributed by atoms with Crippen LogP contribution >= 0.6 is 11.6 Å². The van der Waals surface area contributed by atoms with Crippen molar-refractivity contribution in [3.05, 3.63) is 88.7 Å². The number of anilines is 1. The summed E-state index contributed by atoms with van der Waals surface area (Å²) in [5.41, 5.74) is 1.71. The maximum absolute atomic E-state index is 12.6. The third-order valence-corrected chi connectivity index (χ3v) is 8.39. The fraction of sp³-hybridized carbons (Fsp3) is 0.300. The van der Waals surface area contributed by atoms with Gasteiger partial charge in [0.15, 0.2) is 0 Å². The number of nitrogens with one attached hydrogen (secondary N) is 2. The first-order valence-electron chi connectivity index (χ1n) is 13.2. The molecule has 9 nitrogen and oxygen atoms in total. The molecule has 0 saturated heterocycles. The Morgan fingerprint density at radius 2 is 1.73 bits per heavy atom. The Morgan fingerprint density at radius 3 is 2.41 bits per heavy atom. The second kappa shape index (κ2) is 14.9. The van der Waals surface area contributed by atoms with Crippen molar-refractivity contribution in [1.82, 2.24) is 9.71 Å². The highest BCUT2D eigenvalue weighted by molar-refractivity contribution is 7.89. The summed E-state index contributed by atoms with van der Waals surface area (Å²) in [5.74, 6) is -1.31. The molecule has 1 amide bonds. The minimum Gasteiger partial charge on any atom is -0.481 e. The van der Waals surface area contributed by atoms with Crippen molar-refractivity contribution in [2.75, 3.05) is 18.5 Å². The number of carbonyl (C=O) groups is 2. The third kappa shape index (κ3) is 9.50. The molecule has 1 aromatic heterocycles. The van der Waals surface area contributed by atoms with Crippen LogP contribution in [0.15, 0.2) is 71.6 Å². The molecule has 0 aliphatic rings. The first kappa shape index (κ1) is 32.0. The van der Waals surface area contributed by atoms with Gasteiger partial charge in [-0.2, -0.15) is 0 Å². The van der Waals surface area contributed by atoms with Crippen LogP contribution in [-0.2, 0) is 31.0 Å². The molecule has 0 radical (unpaired) electrons. The van der Waals surface area contributed by atoms with E-state index in [1.54, 1.807) is 32.0 Å². The van der Waals surface area contributed by atoms with Gasteiger partial charge in [0.2, 0.25) is 15.9 Å². The number of amides is 1. The van der Waals surface area contributed by atoms with Gasteiger partial charge < -0.3 is 15.2 Å². The number of nitrogens with zero attached hydrogens (tertiary/aromatic N) is 1. The quantitative estimate of drug-likeness (QED) is 0.193. The van der Waals surface area contributed by atoms with Gasteiger partial charge in [-0.05, 0) is 73.0 Å². The predicted molar refractivity (Wildman–Crippen MR) is 160 cm³/mol. The fourth-order valence-electron chi connectivity index (χ4n) is 4.09. The standard InChI is InChI=1S/C30H34ClN3O6S/c1-3-30(4-2,29(36)37)20-28(35)34-25-9-5-7-22(19-25)11-14-24-8-6-10-26(33-24)21-40-18-17-32-41(38,39)27-15-12-23(31)13-16-27/h5-16,19,32H,3-4,17-18,20-21H2,1-2H3,(H,34,35)(H,36,37). The summed E-state index contributed by atoms with van der Waals surface area (Å²) in [6.07, 6.45) is 4.33. The Hall–Kier alpha value is -3.57. The maximum Gasteiger partial charge on any atom is 0.310 e. The van der Waals surface area contributed by atoms with E-state index in [1.165, 1.54) is 24.3 Å². The molecule has 11 heteroatoms. The van der Waals surface area contributed by atoms with Crippen LogP contribution < -0.4 is 10.0 Å². The molecule has 0 spiro atoms. The zero-order valence-electron chi connectivity index (χ0n) is 23.0. The number of halogens is 1. The number of benzene rings is 2. The lowest BCUT2D eigenvalue weighted by atomic mass is 9.79. The van der Waals surface area contributed by atoms with Crippen molar-refractivity contribution < 1.29 is 27.9 Å². The van der Waals surface area contributed by atoms with E-state index in [1.807, 2.05) is 36.4 Å². The summed E-state index contributed by atoms with van der Waals surface area (Å²) < 4.78 is 32.7. The summed E-state index contributed by atoms with van der Waals surface area (Å²) in [6.45, 7) is 4.03. The molecular formula is C30H34ClN3O6S. The Bertz CT molecular complexity index is 1470. The van der Waals surface area contributed by atoms with Crippen LogP contribution in [0.2, 0.25) is 5.02 Å². The zero-order valence-corrected chi connectivity index (χ0v) is 24.5. The maximum atomic E-state index is 12.6. The van der Waals surface area contributed by atoms with Crippen LogP contribution in [-0.4, -0.2) is 43.5 Å². The number of rotatable bonds is 15. The number of sulfonamides is 1. The summed E-state index contributed by atoms with van der Waals surface area (Å²) in [4.78, 5) is 29.0. The number of pyridine rings is 1. The van der Waals surface area contributed by atoms with E-state index in [-0.39, 0.29) is 37.0 Å². The van der Waals surface area contributed by atoms with Gasteiger partial charge in [-0.3, -0.25) is 14.6 Å². The molecule has 0 atom stereocenters. The molecule has 41 heavy (non-hydrogen) atoms. The van der Waals surface area contributed by atoms with Crippen molar-refractivity contribution >= 4 is 51.3 Å². The number of carboxylic acids is 1. The lowest BCUT2D eigenvalue weighted by Crippen LogP contribution is -2.34. The summed E-state index contributed by atoms with van der Waals surface area (Å²) in [6, 6.07) is 18.6. The largest absolute Gasteiger partial charge is 0.481 e. The zero-order chi connectivity index (χ0) is 29.9. The van der Waals surface area contributed by atoms with Crippen molar-refractivity contribution in [2.24, 2.45) is 5.41 Å². The van der Waals surface area contributed by atoms with Gasteiger partial charge in [-0.1, -0.05) is 49.7 Å². The van der Waals surface area contributed by atoms with Crippen molar-refractivity contribution in [3.8, 4) is 0 Å². The number of hydrogen-bond donors (Lipinski definition) is 3. The van der Waals surface area contributed by atoms with Gasteiger partial charge >= 0.3 is 5.97 Å². The van der Waals surface area contributed by atoms with Crippen LogP contribution in [0.3, 0.4) is 0 Å². The molecular weight excluding hydrogens is 566 g/mol. The number of aliphatic carboxylic acids is 1. The van der Waals surface area contributed by atoms with Crippen LogP contribution in [0, 0.1) is 5.41 Å². The average molecular weight is 600 g/mol. The lowest BCUT2D eigenvalue weighted by Gasteiger charge is -2.25. The Morgan fingerprint density at radius 1 is 1.02 bits per heavy atom. The minimum absolute atomic E-state index is 0.0948. The van der Waals surface area contributed by atoms with Crippen molar-refractivity contribution in [2.45, 2.75) is 44.6 Å².